The van der Waals surface area contributed by atoms with Crippen LogP contribution in [0.25, 0.3) is 6.08 Å². The Bertz CT molecular complexity index is 1000. The van der Waals surface area contributed by atoms with E-state index in [1.54, 1.807) is 30.3 Å². The Labute approximate surface area is 164 Å². The first-order valence-corrected chi connectivity index (χ1v) is 9.24. The standard InChI is InChI=1S/C19H13NO5S2/c21-17-16(9-11-4-5-14-15(8-11)25-7-6-24-14)27-19(26)20(17)13-3-1-2-12(10-13)18(22)23/h1-5,8-10H,6-7H2,(H,22,23)/p-1/b16-9+. The Balaban J connectivity index is 1.64. The molecule has 2 aliphatic heterocycles. The van der Waals surface area contributed by atoms with Gasteiger partial charge in [-0.3, -0.25) is 9.69 Å². The fourth-order valence-electron chi connectivity index (χ4n) is 2.76. The maximum atomic E-state index is 12.8. The molecule has 136 valence electrons. The zero-order chi connectivity index (χ0) is 19.0. The van der Waals surface area contributed by atoms with E-state index >= 15 is 0 Å². The first kappa shape index (κ1) is 17.6. The number of amides is 1. The van der Waals surface area contributed by atoms with Gasteiger partial charge in [0, 0.05) is 0 Å². The predicted molar refractivity (Wildman–Crippen MR) is 104 cm³/mol. The van der Waals surface area contributed by atoms with Crippen molar-refractivity contribution in [3.8, 4) is 11.5 Å². The Hall–Kier alpha value is -2.84. The summed E-state index contributed by atoms with van der Waals surface area (Å²) in [5.74, 6) is -0.318. The predicted octanol–water partition coefficient (Wildman–Crippen LogP) is 2.23. The molecule has 2 heterocycles. The second-order valence-corrected chi connectivity index (χ2v) is 7.43. The van der Waals surface area contributed by atoms with Crippen LogP contribution < -0.4 is 19.5 Å². The number of carbonyl (C=O) groups excluding carboxylic acids is 2. The molecule has 1 amide bonds. The number of fused-ring (bicyclic) bond motifs is 1. The molecule has 2 aromatic carbocycles. The van der Waals surface area contributed by atoms with Crippen molar-refractivity contribution in [3.63, 3.8) is 0 Å². The molecular weight excluding hydrogens is 386 g/mol. The Morgan fingerprint density at radius 3 is 2.70 bits per heavy atom. The summed E-state index contributed by atoms with van der Waals surface area (Å²) in [6.45, 7) is 0.989. The molecule has 2 aliphatic rings. The number of carbonyl (C=O) groups is 2. The van der Waals surface area contributed by atoms with Crippen molar-refractivity contribution in [1.82, 2.24) is 0 Å². The van der Waals surface area contributed by atoms with E-state index in [1.807, 2.05) is 6.07 Å². The van der Waals surface area contributed by atoms with Crippen LogP contribution in [0.5, 0.6) is 11.5 Å². The number of nitrogens with zero attached hydrogens (tertiary/aromatic N) is 1. The van der Waals surface area contributed by atoms with Gasteiger partial charge >= 0.3 is 0 Å². The van der Waals surface area contributed by atoms with Crippen molar-refractivity contribution >= 4 is 51.9 Å². The van der Waals surface area contributed by atoms with Crippen molar-refractivity contribution in [2.45, 2.75) is 0 Å². The van der Waals surface area contributed by atoms with Crippen LogP contribution in [0.3, 0.4) is 0 Å². The van der Waals surface area contributed by atoms with E-state index in [1.165, 1.54) is 17.0 Å². The first-order chi connectivity index (χ1) is 13.0. The Morgan fingerprint density at radius 1 is 1.15 bits per heavy atom. The van der Waals surface area contributed by atoms with Crippen LogP contribution in [0.1, 0.15) is 15.9 Å². The number of thioether (sulfide) groups is 1. The summed E-state index contributed by atoms with van der Waals surface area (Å²) in [5.41, 5.74) is 1.16. The van der Waals surface area contributed by atoms with Crippen molar-refractivity contribution in [2.75, 3.05) is 18.1 Å². The minimum atomic E-state index is -1.31. The van der Waals surface area contributed by atoms with Gasteiger partial charge in [0.05, 0.1) is 16.6 Å². The van der Waals surface area contributed by atoms with E-state index in [0.717, 1.165) is 17.3 Å². The first-order valence-electron chi connectivity index (χ1n) is 8.02. The van der Waals surface area contributed by atoms with Crippen LogP contribution in [0.4, 0.5) is 5.69 Å². The van der Waals surface area contributed by atoms with Gasteiger partial charge in [0.25, 0.3) is 5.91 Å². The summed E-state index contributed by atoms with van der Waals surface area (Å²) in [7, 11) is 0. The highest BCUT2D eigenvalue weighted by molar-refractivity contribution is 8.27. The molecule has 0 bridgehead atoms. The molecule has 0 spiro atoms. The van der Waals surface area contributed by atoms with Gasteiger partial charge in [-0.05, 0) is 41.5 Å². The van der Waals surface area contributed by atoms with Crippen LogP contribution in [0, 0.1) is 0 Å². The maximum absolute atomic E-state index is 12.8. The molecule has 1 saturated heterocycles. The smallest absolute Gasteiger partial charge is 0.270 e. The summed E-state index contributed by atoms with van der Waals surface area (Å²) in [4.78, 5) is 25.6. The molecule has 0 unspecified atom stereocenters. The quantitative estimate of drug-likeness (QED) is 0.579. The summed E-state index contributed by atoms with van der Waals surface area (Å²) in [6.07, 6.45) is 1.72. The highest BCUT2D eigenvalue weighted by Crippen LogP contribution is 2.37. The molecule has 1 fully saturated rings. The molecule has 2 aromatic rings. The second kappa shape index (κ2) is 7.05. The zero-order valence-electron chi connectivity index (χ0n) is 13.8. The fraction of sp³-hybridized carbons (Fsp3) is 0.105. The van der Waals surface area contributed by atoms with E-state index in [9.17, 15) is 14.7 Å². The number of hydrogen-bond donors (Lipinski definition) is 0. The summed E-state index contributed by atoms with van der Waals surface area (Å²) < 4.78 is 11.4. The van der Waals surface area contributed by atoms with Gasteiger partial charge in [0.15, 0.2) is 15.8 Å². The number of ether oxygens (including phenoxy) is 2. The van der Waals surface area contributed by atoms with Gasteiger partial charge in [-0.1, -0.05) is 42.2 Å². The number of carboxylic acid groups (broad SMARTS) is 1. The number of hydrogen-bond acceptors (Lipinski definition) is 7. The molecule has 0 N–H and O–H groups in total. The lowest BCUT2D eigenvalue weighted by atomic mass is 10.1. The second-order valence-electron chi connectivity index (χ2n) is 5.76. The average molecular weight is 398 g/mol. The molecule has 0 atom stereocenters. The Kier molecular flexibility index (Phi) is 4.59. The highest BCUT2D eigenvalue weighted by Gasteiger charge is 2.33. The highest BCUT2D eigenvalue weighted by atomic mass is 32.2. The third-order valence-electron chi connectivity index (χ3n) is 4.00. The number of benzene rings is 2. The molecule has 0 aromatic heterocycles. The largest absolute Gasteiger partial charge is 0.545 e. The number of rotatable bonds is 3. The van der Waals surface area contributed by atoms with Gasteiger partial charge in [-0.2, -0.15) is 0 Å². The number of aromatic carboxylic acids is 1. The summed E-state index contributed by atoms with van der Waals surface area (Å²) in [5, 5.41) is 11.1. The van der Waals surface area contributed by atoms with Gasteiger partial charge in [-0.15, -0.1) is 0 Å². The summed E-state index contributed by atoms with van der Waals surface area (Å²) in [6, 6.07) is 11.4. The van der Waals surface area contributed by atoms with Crippen molar-refractivity contribution < 1.29 is 24.2 Å². The monoisotopic (exact) mass is 398 g/mol. The van der Waals surface area contributed by atoms with E-state index in [2.05, 4.69) is 0 Å². The lowest BCUT2D eigenvalue weighted by molar-refractivity contribution is -0.255. The number of thiocarbonyl (C=S) groups is 1. The topological polar surface area (TPSA) is 78.9 Å². The lowest BCUT2D eigenvalue weighted by Gasteiger charge is -2.18. The average Bonchev–Trinajstić information content (AvgIpc) is 2.95. The number of anilines is 1. The minimum Gasteiger partial charge on any atom is -0.545 e. The van der Waals surface area contributed by atoms with Gasteiger partial charge < -0.3 is 19.4 Å². The van der Waals surface area contributed by atoms with Crippen molar-refractivity contribution in [1.29, 1.82) is 0 Å². The molecular formula is C19H12NO5S2-. The fourth-order valence-corrected chi connectivity index (χ4v) is 4.06. The van der Waals surface area contributed by atoms with E-state index in [4.69, 9.17) is 21.7 Å². The molecule has 6 nitrogen and oxygen atoms in total. The normalized spacial score (nSPS) is 17.5. The SMILES string of the molecule is O=C([O-])c1cccc(N2C(=O)/C(=C\c3ccc4c(c3)OCCO4)SC2=S)c1. The van der Waals surface area contributed by atoms with E-state index < -0.39 is 5.97 Å². The molecule has 0 radical (unpaired) electrons. The van der Waals surface area contributed by atoms with Gasteiger partial charge in [-0.25, -0.2) is 0 Å². The van der Waals surface area contributed by atoms with Crippen LogP contribution in [0.2, 0.25) is 0 Å². The van der Waals surface area contributed by atoms with E-state index in [0.29, 0.717) is 39.6 Å². The lowest BCUT2D eigenvalue weighted by Crippen LogP contribution is -2.28. The summed E-state index contributed by atoms with van der Waals surface area (Å²) >= 11 is 6.48. The molecule has 4 rings (SSSR count). The van der Waals surface area contributed by atoms with Crippen LogP contribution >= 0.6 is 24.0 Å². The molecule has 8 heteroatoms. The van der Waals surface area contributed by atoms with Gasteiger partial charge in [0.2, 0.25) is 0 Å². The third kappa shape index (κ3) is 3.41. The minimum absolute atomic E-state index is 0.0163. The van der Waals surface area contributed by atoms with Crippen LogP contribution in [0.15, 0.2) is 47.4 Å². The van der Waals surface area contributed by atoms with E-state index in [-0.39, 0.29) is 11.5 Å². The van der Waals surface area contributed by atoms with Gasteiger partial charge in [0.1, 0.15) is 13.2 Å². The van der Waals surface area contributed by atoms with Crippen LogP contribution in [-0.4, -0.2) is 29.4 Å². The van der Waals surface area contributed by atoms with Crippen LogP contribution in [-0.2, 0) is 4.79 Å². The molecule has 27 heavy (non-hydrogen) atoms. The zero-order valence-corrected chi connectivity index (χ0v) is 15.5. The number of carboxylic acids is 1. The third-order valence-corrected chi connectivity index (χ3v) is 5.30. The van der Waals surface area contributed by atoms with Crippen molar-refractivity contribution in [3.05, 3.63) is 58.5 Å². The molecule has 0 saturated carbocycles. The van der Waals surface area contributed by atoms with Crippen molar-refractivity contribution in [2.24, 2.45) is 0 Å². The Morgan fingerprint density at radius 2 is 1.93 bits per heavy atom. The molecule has 0 aliphatic carbocycles. The maximum Gasteiger partial charge on any atom is 0.270 e.